The molecular weight excluding hydrogens is 254 g/mol. The van der Waals surface area contributed by atoms with Crippen LogP contribution in [-0.2, 0) is 6.54 Å². The SMILES string of the molecule is NCc1c(F)cc(OC(F)(F)F)nc1C(F)F. The first-order chi connectivity index (χ1) is 7.74. The maximum atomic E-state index is 13.1. The van der Waals surface area contributed by atoms with Crippen molar-refractivity contribution in [3.63, 3.8) is 0 Å². The Morgan fingerprint density at radius 3 is 2.35 bits per heavy atom. The summed E-state index contributed by atoms with van der Waals surface area (Å²) < 4.78 is 76.5. The molecule has 0 atom stereocenters. The highest BCUT2D eigenvalue weighted by Gasteiger charge is 2.33. The second kappa shape index (κ2) is 4.78. The summed E-state index contributed by atoms with van der Waals surface area (Å²) in [5.74, 6) is -2.61. The number of ether oxygens (including phenoxy) is 1. The normalized spacial score (nSPS) is 12.0. The average Bonchev–Trinajstić information content (AvgIpc) is 2.13. The number of hydrogen-bond donors (Lipinski definition) is 1. The van der Waals surface area contributed by atoms with Gasteiger partial charge in [-0.15, -0.1) is 13.2 Å². The van der Waals surface area contributed by atoms with Crippen molar-refractivity contribution < 1.29 is 31.1 Å². The van der Waals surface area contributed by atoms with E-state index in [1.165, 1.54) is 0 Å². The largest absolute Gasteiger partial charge is 0.574 e. The predicted molar refractivity (Wildman–Crippen MR) is 43.7 cm³/mol. The molecule has 3 nitrogen and oxygen atoms in total. The molecule has 0 aromatic carbocycles. The van der Waals surface area contributed by atoms with E-state index < -0.39 is 42.3 Å². The van der Waals surface area contributed by atoms with Crippen molar-refractivity contribution in [2.24, 2.45) is 5.73 Å². The highest BCUT2D eigenvalue weighted by atomic mass is 19.4. The predicted octanol–water partition coefficient (Wildman–Crippen LogP) is 2.52. The molecule has 0 aliphatic carbocycles. The van der Waals surface area contributed by atoms with E-state index in [1.807, 2.05) is 0 Å². The van der Waals surface area contributed by atoms with Crippen LogP contribution < -0.4 is 10.5 Å². The summed E-state index contributed by atoms with van der Waals surface area (Å²) in [6, 6.07) is 0.252. The minimum atomic E-state index is -5.14. The van der Waals surface area contributed by atoms with E-state index in [1.54, 1.807) is 0 Å². The molecule has 0 amide bonds. The average molecular weight is 260 g/mol. The maximum Gasteiger partial charge on any atom is 0.574 e. The van der Waals surface area contributed by atoms with E-state index in [0.717, 1.165) is 0 Å². The zero-order chi connectivity index (χ0) is 13.2. The van der Waals surface area contributed by atoms with Crippen LogP contribution in [0.15, 0.2) is 6.07 Å². The second-order valence-corrected chi connectivity index (χ2v) is 2.86. The van der Waals surface area contributed by atoms with Gasteiger partial charge in [-0.05, 0) is 0 Å². The lowest BCUT2D eigenvalue weighted by Crippen LogP contribution is -2.19. The molecule has 0 saturated carbocycles. The first-order valence-corrected chi connectivity index (χ1v) is 4.18. The molecule has 0 aliphatic rings. The molecule has 9 heteroatoms. The molecular formula is C8H6F6N2O. The fourth-order valence-corrected chi connectivity index (χ4v) is 1.09. The van der Waals surface area contributed by atoms with Gasteiger partial charge in [0.05, 0.1) is 0 Å². The molecule has 0 bridgehead atoms. The Bertz CT molecular complexity index is 406. The van der Waals surface area contributed by atoms with E-state index in [9.17, 15) is 26.3 Å². The van der Waals surface area contributed by atoms with Crippen LogP contribution in [0.1, 0.15) is 17.7 Å². The van der Waals surface area contributed by atoms with Crippen LogP contribution >= 0.6 is 0 Å². The molecule has 1 rings (SSSR count). The van der Waals surface area contributed by atoms with E-state index in [2.05, 4.69) is 9.72 Å². The fraction of sp³-hybridized carbons (Fsp3) is 0.375. The van der Waals surface area contributed by atoms with Gasteiger partial charge in [0, 0.05) is 18.2 Å². The molecule has 0 radical (unpaired) electrons. The smallest absolute Gasteiger partial charge is 0.388 e. The summed E-state index contributed by atoms with van der Waals surface area (Å²) in [5.41, 5.74) is 3.19. The number of alkyl halides is 5. The van der Waals surface area contributed by atoms with Gasteiger partial charge in [-0.2, -0.15) is 0 Å². The highest BCUT2D eigenvalue weighted by molar-refractivity contribution is 5.28. The topological polar surface area (TPSA) is 48.1 Å². The summed E-state index contributed by atoms with van der Waals surface area (Å²) in [5, 5.41) is 0. The molecule has 1 heterocycles. The van der Waals surface area contributed by atoms with Gasteiger partial charge in [0.15, 0.2) is 0 Å². The Kier molecular flexibility index (Phi) is 3.81. The number of nitrogens with two attached hydrogens (primary N) is 1. The zero-order valence-electron chi connectivity index (χ0n) is 8.06. The monoisotopic (exact) mass is 260 g/mol. The van der Waals surface area contributed by atoms with Crippen molar-refractivity contribution in [1.29, 1.82) is 0 Å². The van der Waals surface area contributed by atoms with E-state index in [0.29, 0.717) is 0 Å². The molecule has 0 fully saturated rings. The maximum absolute atomic E-state index is 13.1. The van der Waals surface area contributed by atoms with Crippen molar-refractivity contribution in [2.45, 2.75) is 19.3 Å². The van der Waals surface area contributed by atoms with Gasteiger partial charge in [-0.1, -0.05) is 0 Å². The molecule has 2 N–H and O–H groups in total. The minimum absolute atomic E-state index is 0.252. The van der Waals surface area contributed by atoms with Crippen LogP contribution in [0.5, 0.6) is 5.88 Å². The number of halogens is 6. The number of aromatic nitrogens is 1. The third-order valence-corrected chi connectivity index (χ3v) is 1.71. The van der Waals surface area contributed by atoms with Crippen LogP contribution in [0.3, 0.4) is 0 Å². The summed E-state index contributed by atoms with van der Waals surface area (Å²) in [4.78, 5) is 2.88. The molecule has 0 spiro atoms. The molecule has 1 aromatic heterocycles. The Morgan fingerprint density at radius 1 is 1.35 bits per heavy atom. The lowest BCUT2D eigenvalue weighted by Gasteiger charge is -2.12. The van der Waals surface area contributed by atoms with E-state index in [4.69, 9.17) is 5.73 Å². The second-order valence-electron chi connectivity index (χ2n) is 2.86. The van der Waals surface area contributed by atoms with Gasteiger partial charge < -0.3 is 10.5 Å². The zero-order valence-corrected chi connectivity index (χ0v) is 8.06. The third kappa shape index (κ3) is 3.48. The van der Waals surface area contributed by atoms with Crippen molar-refractivity contribution in [3.05, 3.63) is 23.1 Å². The standard InChI is InChI=1S/C8H6F6N2O/c9-4-1-5(17-8(12,13)14)16-6(7(10)11)3(4)2-15/h1,7H,2,15H2. The number of hydrogen-bond acceptors (Lipinski definition) is 3. The van der Waals surface area contributed by atoms with Crippen LogP contribution in [0.2, 0.25) is 0 Å². The number of nitrogens with zero attached hydrogens (tertiary/aromatic N) is 1. The Balaban J connectivity index is 3.20. The summed E-state index contributed by atoms with van der Waals surface area (Å²) in [7, 11) is 0. The highest BCUT2D eigenvalue weighted by Crippen LogP contribution is 2.28. The van der Waals surface area contributed by atoms with Gasteiger partial charge in [0.25, 0.3) is 6.43 Å². The summed E-state index contributed by atoms with van der Waals surface area (Å²) in [6.45, 7) is -0.606. The summed E-state index contributed by atoms with van der Waals surface area (Å²) >= 11 is 0. The van der Waals surface area contributed by atoms with Crippen LogP contribution in [0.4, 0.5) is 26.3 Å². The van der Waals surface area contributed by atoms with Gasteiger partial charge >= 0.3 is 6.36 Å². The number of rotatable bonds is 3. The Morgan fingerprint density at radius 2 is 1.94 bits per heavy atom. The van der Waals surface area contributed by atoms with Crippen molar-refractivity contribution in [2.75, 3.05) is 0 Å². The quantitative estimate of drug-likeness (QED) is 0.849. The molecule has 17 heavy (non-hydrogen) atoms. The first-order valence-electron chi connectivity index (χ1n) is 4.18. The Hall–Kier alpha value is -1.51. The number of pyridine rings is 1. The lowest BCUT2D eigenvalue weighted by atomic mass is 10.2. The van der Waals surface area contributed by atoms with E-state index in [-0.39, 0.29) is 6.07 Å². The van der Waals surface area contributed by atoms with Gasteiger partial charge in [-0.25, -0.2) is 18.2 Å². The van der Waals surface area contributed by atoms with Gasteiger partial charge in [-0.3, -0.25) is 0 Å². The van der Waals surface area contributed by atoms with Gasteiger partial charge in [0.1, 0.15) is 11.5 Å². The van der Waals surface area contributed by atoms with Crippen LogP contribution in [-0.4, -0.2) is 11.3 Å². The third-order valence-electron chi connectivity index (χ3n) is 1.71. The van der Waals surface area contributed by atoms with Crippen LogP contribution in [0, 0.1) is 5.82 Å². The molecule has 1 aromatic rings. The lowest BCUT2D eigenvalue weighted by molar-refractivity contribution is -0.276. The molecule has 0 saturated heterocycles. The summed E-state index contributed by atoms with van der Waals surface area (Å²) in [6.07, 6.45) is -8.39. The van der Waals surface area contributed by atoms with Gasteiger partial charge in [0.2, 0.25) is 5.88 Å². The molecule has 0 aliphatic heterocycles. The van der Waals surface area contributed by atoms with E-state index >= 15 is 0 Å². The van der Waals surface area contributed by atoms with Crippen LogP contribution in [0.25, 0.3) is 0 Å². The van der Waals surface area contributed by atoms with Crippen molar-refractivity contribution in [1.82, 2.24) is 4.98 Å². The molecule has 96 valence electrons. The first kappa shape index (κ1) is 13.6. The Labute approximate surface area is 91.2 Å². The molecule has 0 unspecified atom stereocenters. The van der Waals surface area contributed by atoms with Crippen molar-refractivity contribution >= 4 is 0 Å². The fourth-order valence-electron chi connectivity index (χ4n) is 1.09. The van der Waals surface area contributed by atoms with Crippen molar-refractivity contribution in [3.8, 4) is 5.88 Å². The minimum Gasteiger partial charge on any atom is -0.388 e.